The zero-order valence-corrected chi connectivity index (χ0v) is 11.3. The summed E-state index contributed by atoms with van der Waals surface area (Å²) in [5, 5.41) is 0. The van der Waals surface area contributed by atoms with Crippen molar-refractivity contribution in [2.75, 3.05) is 13.1 Å². The molecular weight excluding hydrogens is 212 g/mol. The lowest BCUT2D eigenvalue weighted by Crippen LogP contribution is -2.58. The number of primary amides is 1. The number of nitrogens with zero attached hydrogens (tertiary/aromatic N) is 1. The minimum absolute atomic E-state index is 0.258. The lowest BCUT2D eigenvalue weighted by Gasteiger charge is -2.34. The number of nitrogens with two attached hydrogens (primary N) is 1. The number of amides is 2. The summed E-state index contributed by atoms with van der Waals surface area (Å²) < 4.78 is 0.259. The summed E-state index contributed by atoms with van der Waals surface area (Å²) in [6.07, 6.45) is 0.935. The predicted molar refractivity (Wildman–Crippen MR) is 73.0 cm³/mol. The zero-order valence-electron chi connectivity index (χ0n) is 11.3. The average Bonchev–Trinajstić information content (AvgIpc) is 2.27. The number of benzene rings is 1. The zero-order chi connectivity index (χ0) is 13.1. The van der Waals surface area contributed by atoms with Crippen LogP contribution in [0, 0.1) is 13.8 Å². The molecule has 0 aromatic heterocycles. The highest BCUT2D eigenvalue weighted by Crippen LogP contribution is 2.31. The van der Waals surface area contributed by atoms with Crippen LogP contribution in [-0.4, -0.2) is 19.1 Å². The third-order valence-corrected chi connectivity index (χ3v) is 3.43. The maximum Gasteiger partial charge on any atom is 0.419 e. The molecule has 0 saturated heterocycles. The van der Waals surface area contributed by atoms with E-state index < -0.39 is 0 Å². The van der Waals surface area contributed by atoms with E-state index in [2.05, 4.69) is 6.92 Å². The molecule has 3 heteroatoms. The first-order valence-electron chi connectivity index (χ1n) is 6.23. The van der Waals surface area contributed by atoms with Crippen LogP contribution in [0.5, 0.6) is 0 Å². The molecular formula is C14H23N2O+. The van der Waals surface area contributed by atoms with Gasteiger partial charge in [-0.1, -0.05) is 25.1 Å². The van der Waals surface area contributed by atoms with Gasteiger partial charge in [-0.25, -0.2) is 9.28 Å². The van der Waals surface area contributed by atoms with E-state index >= 15 is 0 Å². The molecule has 94 valence electrons. The first kappa shape index (κ1) is 13.7. The molecule has 2 N–H and O–H groups in total. The van der Waals surface area contributed by atoms with E-state index in [0.717, 1.165) is 29.8 Å². The van der Waals surface area contributed by atoms with Gasteiger partial charge in [0, 0.05) is 11.1 Å². The summed E-state index contributed by atoms with van der Waals surface area (Å²) in [5.41, 5.74) is 9.02. The fraction of sp³-hybridized carbons (Fsp3) is 0.500. The third-order valence-electron chi connectivity index (χ3n) is 3.43. The molecule has 0 aliphatic rings. The van der Waals surface area contributed by atoms with Crippen molar-refractivity contribution in [3.8, 4) is 0 Å². The van der Waals surface area contributed by atoms with Gasteiger partial charge in [0.1, 0.15) is 5.69 Å². The van der Waals surface area contributed by atoms with Crippen molar-refractivity contribution in [2.45, 2.75) is 34.1 Å². The monoisotopic (exact) mass is 235 g/mol. The standard InChI is InChI=1S/C14H22N2O/c1-5-10-16(6-2,14(15)17)13-11(3)8-7-9-12(13)4/h7-9H,5-6,10H2,1-4H3,(H-,15,17)/p+1. The molecule has 1 aromatic rings. The number of carbonyl (C=O) groups is 1. The molecule has 0 radical (unpaired) electrons. The normalized spacial score (nSPS) is 14.4. The Balaban J connectivity index is 3.45. The minimum atomic E-state index is -0.258. The van der Waals surface area contributed by atoms with Crippen molar-refractivity contribution < 1.29 is 4.79 Å². The first-order valence-corrected chi connectivity index (χ1v) is 6.23. The molecule has 1 aromatic carbocycles. The lowest BCUT2D eigenvalue weighted by atomic mass is 10.0. The highest BCUT2D eigenvalue weighted by atomic mass is 16.2. The highest BCUT2D eigenvalue weighted by molar-refractivity contribution is 5.87. The van der Waals surface area contributed by atoms with Gasteiger partial charge in [-0.15, -0.1) is 0 Å². The van der Waals surface area contributed by atoms with Crippen molar-refractivity contribution in [1.29, 1.82) is 0 Å². The molecule has 1 atom stereocenters. The molecule has 1 rings (SSSR count). The van der Waals surface area contributed by atoms with Gasteiger partial charge in [-0.2, -0.15) is 0 Å². The van der Waals surface area contributed by atoms with E-state index in [4.69, 9.17) is 5.73 Å². The summed E-state index contributed by atoms with van der Waals surface area (Å²) >= 11 is 0. The van der Waals surface area contributed by atoms with Crippen LogP contribution in [0.2, 0.25) is 0 Å². The van der Waals surface area contributed by atoms with Gasteiger partial charge in [0.05, 0.1) is 13.1 Å². The van der Waals surface area contributed by atoms with Crippen LogP contribution in [0.3, 0.4) is 0 Å². The molecule has 0 saturated carbocycles. The van der Waals surface area contributed by atoms with Gasteiger partial charge in [-0.3, -0.25) is 0 Å². The summed E-state index contributed by atoms with van der Waals surface area (Å²) in [6.45, 7) is 9.66. The topological polar surface area (TPSA) is 43.1 Å². The van der Waals surface area contributed by atoms with Crippen LogP contribution in [0.1, 0.15) is 31.4 Å². The number of carbonyl (C=O) groups excluding carboxylic acids is 1. The maximum absolute atomic E-state index is 11.9. The van der Waals surface area contributed by atoms with E-state index in [1.165, 1.54) is 0 Å². The fourth-order valence-electron chi connectivity index (χ4n) is 2.67. The van der Waals surface area contributed by atoms with Gasteiger partial charge in [-0.05, 0) is 27.2 Å². The third kappa shape index (κ3) is 2.34. The Kier molecular flexibility index (Phi) is 4.29. The molecule has 3 nitrogen and oxygen atoms in total. The van der Waals surface area contributed by atoms with E-state index in [0.29, 0.717) is 6.54 Å². The number of quaternary nitrogens is 1. The SMILES string of the molecule is CCC[N+](CC)(C(N)=O)c1c(C)cccc1C. The number of hydrogen-bond donors (Lipinski definition) is 1. The molecule has 2 amide bonds. The van der Waals surface area contributed by atoms with E-state index in [9.17, 15) is 4.79 Å². The van der Waals surface area contributed by atoms with Gasteiger partial charge in [0.25, 0.3) is 0 Å². The van der Waals surface area contributed by atoms with E-state index in [1.54, 1.807) is 0 Å². The minimum Gasteiger partial charge on any atom is -0.319 e. The Morgan fingerprint density at radius 2 is 1.76 bits per heavy atom. The number of rotatable bonds is 4. The Morgan fingerprint density at radius 1 is 1.24 bits per heavy atom. The highest BCUT2D eigenvalue weighted by Gasteiger charge is 2.37. The molecule has 1 unspecified atom stereocenters. The number of urea groups is 1. The molecule has 0 aliphatic heterocycles. The molecule has 17 heavy (non-hydrogen) atoms. The van der Waals surface area contributed by atoms with Crippen molar-refractivity contribution in [3.63, 3.8) is 0 Å². The number of hydrogen-bond acceptors (Lipinski definition) is 1. The predicted octanol–water partition coefficient (Wildman–Crippen LogP) is 3.12. The Bertz CT molecular complexity index is 394. The van der Waals surface area contributed by atoms with Crippen molar-refractivity contribution in [3.05, 3.63) is 29.3 Å². The van der Waals surface area contributed by atoms with E-state index in [-0.39, 0.29) is 10.5 Å². The molecule has 0 heterocycles. The average molecular weight is 235 g/mol. The van der Waals surface area contributed by atoms with Crippen LogP contribution in [0.15, 0.2) is 18.2 Å². The van der Waals surface area contributed by atoms with Crippen LogP contribution in [0.4, 0.5) is 10.5 Å². The maximum atomic E-state index is 11.9. The van der Waals surface area contributed by atoms with Crippen molar-refractivity contribution >= 4 is 11.7 Å². The number of para-hydroxylation sites is 1. The molecule has 0 aliphatic carbocycles. The van der Waals surface area contributed by atoms with Crippen LogP contribution in [0.25, 0.3) is 0 Å². The van der Waals surface area contributed by atoms with Gasteiger partial charge in [0.2, 0.25) is 0 Å². The quantitative estimate of drug-likeness (QED) is 0.801. The second-order valence-corrected chi connectivity index (χ2v) is 4.59. The smallest absolute Gasteiger partial charge is 0.319 e. The lowest BCUT2D eigenvalue weighted by molar-refractivity contribution is 0.210. The number of aryl methyl sites for hydroxylation is 2. The fourth-order valence-corrected chi connectivity index (χ4v) is 2.67. The Labute approximate surface area is 104 Å². The van der Waals surface area contributed by atoms with Crippen molar-refractivity contribution in [2.24, 2.45) is 5.73 Å². The second-order valence-electron chi connectivity index (χ2n) is 4.59. The molecule has 0 spiro atoms. The van der Waals surface area contributed by atoms with E-state index in [1.807, 2.05) is 39.0 Å². The van der Waals surface area contributed by atoms with Gasteiger partial charge in [0.15, 0.2) is 0 Å². The summed E-state index contributed by atoms with van der Waals surface area (Å²) in [4.78, 5) is 11.9. The van der Waals surface area contributed by atoms with Gasteiger partial charge < -0.3 is 5.73 Å². The molecule has 0 bridgehead atoms. The Hall–Kier alpha value is -1.35. The largest absolute Gasteiger partial charge is 0.419 e. The van der Waals surface area contributed by atoms with Crippen LogP contribution >= 0.6 is 0 Å². The summed E-state index contributed by atoms with van der Waals surface area (Å²) in [7, 11) is 0. The second kappa shape index (κ2) is 5.32. The summed E-state index contributed by atoms with van der Waals surface area (Å²) in [5.74, 6) is 0. The van der Waals surface area contributed by atoms with Crippen LogP contribution < -0.4 is 10.2 Å². The molecule has 0 fully saturated rings. The van der Waals surface area contributed by atoms with Crippen molar-refractivity contribution in [1.82, 2.24) is 4.48 Å². The first-order chi connectivity index (χ1) is 7.99. The Morgan fingerprint density at radius 3 is 2.12 bits per heavy atom. The van der Waals surface area contributed by atoms with Crippen LogP contribution in [-0.2, 0) is 0 Å². The summed E-state index contributed by atoms with van der Waals surface area (Å²) in [6, 6.07) is 5.85. The van der Waals surface area contributed by atoms with Gasteiger partial charge >= 0.3 is 6.03 Å².